The van der Waals surface area contributed by atoms with Gasteiger partial charge in [-0.25, -0.2) is 30.0 Å². The monoisotopic (exact) mass is 889 g/mol. The number of nitrogens with one attached hydrogen (secondary N) is 1. The Bertz CT molecular complexity index is 3190. The molecular formula is C52H39N7S4. The molecule has 11 heteroatoms. The molecule has 8 heterocycles. The summed E-state index contributed by atoms with van der Waals surface area (Å²) in [6.45, 7) is 6.31. The van der Waals surface area contributed by atoms with E-state index in [1.807, 2.05) is 36.4 Å². The summed E-state index contributed by atoms with van der Waals surface area (Å²) < 4.78 is 0. The number of nitrogens with zero attached hydrogens (tertiary/aromatic N) is 6. The molecule has 0 radical (unpaired) electrons. The van der Waals surface area contributed by atoms with Crippen molar-refractivity contribution in [1.29, 1.82) is 0 Å². The topological polar surface area (TPSA) is 89.9 Å². The first kappa shape index (κ1) is 40.3. The summed E-state index contributed by atoms with van der Waals surface area (Å²) >= 11 is 7.04. The van der Waals surface area contributed by atoms with Gasteiger partial charge in [0.1, 0.15) is 11.6 Å². The van der Waals surface area contributed by atoms with Crippen molar-refractivity contribution < 1.29 is 0 Å². The van der Waals surface area contributed by atoms with E-state index in [-0.39, 0.29) is 0 Å². The molecule has 4 aromatic carbocycles. The van der Waals surface area contributed by atoms with Crippen molar-refractivity contribution >= 4 is 103 Å². The number of aromatic amines is 1. The van der Waals surface area contributed by atoms with Gasteiger partial charge in [0.15, 0.2) is 23.3 Å². The van der Waals surface area contributed by atoms with Crippen molar-refractivity contribution in [1.82, 2.24) is 4.98 Å². The maximum absolute atomic E-state index is 5.21. The smallest absolute Gasteiger partial charge is 0.164 e. The Kier molecular flexibility index (Phi) is 11.5. The number of aryl methyl sites for hydroxylation is 3. The van der Waals surface area contributed by atoms with Gasteiger partial charge in [-0.05, 0) is 66.6 Å². The molecule has 1 aliphatic carbocycles. The Morgan fingerprint density at radius 3 is 1.19 bits per heavy atom. The summed E-state index contributed by atoms with van der Waals surface area (Å²) in [4.78, 5) is 39.7. The van der Waals surface area contributed by atoms with Crippen LogP contribution >= 0.6 is 45.3 Å². The largest absolute Gasteiger partial charge is 0.324 e. The zero-order valence-corrected chi connectivity index (χ0v) is 37.9. The van der Waals surface area contributed by atoms with Crippen LogP contribution in [0, 0.1) is 20.8 Å². The Hall–Kier alpha value is -6.76. The van der Waals surface area contributed by atoms with Gasteiger partial charge in [-0.3, -0.25) is 0 Å². The molecular weight excluding hydrogens is 851 g/mol. The summed E-state index contributed by atoms with van der Waals surface area (Å²) in [6, 6.07) is 47.6. The molecule has 1 N–H and O–H groups in total. The Balaban J connectivity index is 0.000000217. The van der Waals surface area contributed by atoms with Crippen LogP contribution in [0.1, 0.15) is 54.4 Å². The van der Waals surface area contributed by atoms with Crippen molar-refractivity contribution in [3.8, 4) is 10.4 Å². The van der Waals surface area contributed by atoms with Crippen LogP contribution in [-0.4, -0.2) is 39.7 Å². The molecule has 0 saturated carbocycles. The lowest BCUT2D eigenvalue weighted by Crippen LogP contribution is -2.04. The van der Waals surface area contributed by atoms with Gasteiger partial charge < -0.3 is 4.98 Å². The number of aromatic nitrogens is 1. The summed E-state index contributed by atoms with van der Waals surface area (Å²) in [7, 11) is 0. The van der Waals surface area contributed by atoms with Crippen LogP contribution in [0.15, 0.2) is 191 Å². The van der Waals surface area contributed by atoms with E-state index in [0.29, 0.717) is 41.4 Å². The molecule has 8 bridgehead atoms. The van der Waals surface area contributed by atoms with Gasteiger partial charge in [-0.15, -0.1) is 45.3 Å². The van der Waals surface area contributed by atoms with Gasteiger partial charge in [0.25, 0.3) is 0 Å². The van der Waals surface area contributed by atoms with Crippen molar-refractivity contribution in [2.24, 2.45) is 30.0 Å². The van der Waals surface area contributed by atoms with E-state index < -0.39 is 0 Å². The van der Waals surface area contributed by atoms with E-state index in [9.17, 15) is 0 Å². The zero-order chi connectivity index (χ0) is 42.7. The van der Waals surface area contributed by atoms with Crippen molar-refractivity contribution in [2.75, 3.05) is 0 Å². The highest BCUT2D eigenvalue weighted by atomic mass is 32.1. The molecule has 0 spiro atoms. The lowest BCUT2D eigenvalue weighted by Gasteiger charge is -2.03. The molecule has 306 valence electrons. The van der Waals surface area contributed by atoms with Crippen molar-refractivity contribution in [2.45, 2.75) is 27.2 Å². The number of rotatable bonds is 1. The number of aliphatic imine (C=N–C) groups is 6. The molecule has 63 heavy (non-hydrogen) atoms. The Morgan fingerprint density at radius 2 is 0.778 bits per heavy atom. The molecule has 9 aromatic rings. The van der Waals surface area contributed by atoms with Crippen molar-refractivity contribution in [3.05, 3.63) is 209 Å². The summed E-state index contributed by atoms with van der Waals surface area (Å²) in [6.07, 6.45) is 0.576. The third kappa shape index (κ3) is 8.44. The van der Waals surface area contributed by atoms with Gasteiger partial charge >= 0.3 is 0 Å². The average molecular weight is 890 g/mol. The highest BCUT2D eigenvalue weighted by molar-refractivity contribution is 7.13. The maximum Gasteiger partial charge on any atom is 0.164 e. The van der Waals surface area contributed by atoms with Gasteiger partial charge in [0.2, 0.25) is 0 Å². The second-order valence-corrected chi connectivity index (χ2v) is 19.3. The minimum Gasteiger partial charge on any atom is -0.324 e. The van der Waals surface area contributed by atoms with Crippen molar-refractivity contribution in [3.63, 3.8) is 0 Å². The molecule has 5 aromatic heterocycles. The number of H-pyrrole nitrogens is 1. The fraction of sp³-hybridized carbons (Fsp3) is 0.0769. The normalized spacial score (nSPS) is 13.8. The summed E-state index contributed by atoms with van der Waals surface area (Å²) in [5.41, 5.74) is 8.90. The van der Waals surface area contributed by atoms with Gasteiger partial charge in [0.05, 0.1) is 11.4 Å². The molecule has 0 amide bonds. The van der Waals surface area contributed by atoms with Crippen LogP contribution < -0.4 is 0 Å². The summed E-state index contributed by atoms with van der Waals surface area (Å²) in [5, 5.41) is 10.3. The first-order valence-corrected chi connectivity index (χ1v) is 24.0. The minimum absolute atomic E-state index is 0.576. The highest BCUT2D eigenvalue weighted by Gasteiger charge is 2.30. The average Bonchev–Trinajstić information content (AvgIpc) is 4.18. The van der Waals surface area contributed by atoms with E-state index in [1.54, 1.807) is 45.3 Å². The molecule has 0 unspecified atom stereocenters. The third-order valence-corrected chi connectivity index (χ3v) is 13.9. The van der Waals surface area contributed by atoms with Crippen LogP contribution in [0.4, 0.5) is 11.6 Å². The highest BCUT2D eigenvalue weighted by Crippen LogP contribution is 2.43. The van der Waals surface area contributed by atoms with Crippen LogP contribution in [0.2, 0.25) is 0 Å². The minimum atomic E-state index is 0.576. The van der Waals surface area contributed by atoms with E-state index in [1.165, 1.54) is 14.6 Å². The molecule has 7 nitrogen and oxygen atoms in total. The fourth-order valence-electron chi connectivity index (χ4n) is 7.67. The number of fused-ring (bicyclic) bond motifs is 18. The lowest BCUT2D eigenvalue weighted by atomic mass is 10.1. The first-order chi connectivity index (χ1) is 31.0. The van der Waals surface area contributed by atoms with Crippen LogP contribution in [-0.2, 0) is 0 Å². The molecule has 0 fully saturated rings. The molecule has 0 atom stereocenters. The maximum atomic E-state index is 5.21. The second kappa shape index (κ2) is 17.9. The quantitative estimate of drug-likeness (QED) is 0.170. The third-order valence-electron chi connectivity index (χ3n) is 10.6. The number of thiophene rings is 4. The van der Waals surface area contributed by atoms with Crippen LogP contribution in [0.3, 0.4) is 0 Å². The SMILES string of the molecule is Cc1cccs1.Cc1cccs1.Cc1cccs1.c1csc(-c2cccc3c4[nH]c(c23)N=C2N=C(N=C3CC(=NC5=NC(=N4)c4ccccc45)c4ccccc43)c3ccccc32)c1. The number of benzene rings is 4. The number of hydrogen-bond donors (Lipinski definition) is 1. The Morgan fingerprint density at radius 1 is 0.365 bits per heavy atom. The predicted octanol–water partition coefficient (Wildman–Crippen LogP) is 14.4. The number of hydrogen-bond acceptors (Lipinski definition) is 10. The van der Waals surface area contributed by atoms with E-state index in [0.717, 1.165) is 66.0 Å². The predicted molar refractivity (Wildman–Crippen MR) is 271 cm³/mol. The fourth-order valence-corrected chi connectivity index (χ4v) is 10.0. The van der Waals surface area contributed by atoms with Gasteiger partial charge in [-0.2, -0.15) is 0 Å². The standard InChI is InChI=1S/C37H21N7S.3C5H6S/c1-2-10-21-20(9-1)28-19-29(21)39-33-23-12-4-6-14-25(23)35(41-33)43-37-31-26(30-17-8-18-45-30)15-7-16-27(31)36(44-37)42-34-24-13-5-3-11-22(24)32(38-28)40-34;3*1-5-3-2-4-6-5/h1-18H,19H2,(H,38,39,40,41,42,43,44);3*2-4H,1H3. The van der Waals surface area contributed by atoms with E-state index in [4.69, 9.17) is 30.0 Å². The van der Waals surface area contributed by atoms with E-state index >= 15 is 0 Å². The summed E-state index contributed by atoms with van der Waals surface area (Å²) in [5.74, 6) is 3.94. The van der Waals surface area contributed by atoms with Crippen LogP contribution in [0.25, 0.3) is 21.2 Å². The Labute approximate surface area is 381 Å². The lowest BCUT2D eigenvalue weighted by molar-refractivity contribution is 1.29. The first-order valence-electron chi connectivity index (χ1n) is 20.4. The van der Waals surface area contributed by atoms with Gasteiger partial charge in [0, 0.05) is 75.6 Å². The van der Waals surface area contributed by atoms with E-state index in [2.05, 4.69) is 150 Å². The molecule has 4 aliphatic rings. The molecule has 13 rings (SSSR count). The second-order valence-electron chi connectivity index (χ2n) is 14.9. The molecule has 0 saturated heterocycles. The van der Waals surface area contributed by atoms with Gasteiger partial charge in [-0.1, -0.05) is 115 Å². The zero-order valence-electron chi connectivity index (χ0n) is 34.6. The number of amidine groups is 4. The molecule has 3 aliphatic heterocycles. The van der Waals surface area contributed by atoms with Crippen LogP contribution in [0.5, 0.6) is 0 Å².